The zero-order valence-electron chi connectivity index (χ0n) is 10.6. The predicted octanol–water partition coefficient (Wildman–Crippen LogP) is 1.13. The van der Waals surface area contributed by atoms with Crippen molar-refractivity contribution in [3.63, 3.8) is 0 Å². The molecule has 0 unspecified atom stereocenters. The van der Waals surface area contributed by atoms with Crippen LogP contribution in [0.3, 0.4) is 0 Å². The van der Waals surface area contributed by atoms with Crippen molar-refractivity contribution < 1.29 is 13.2 Å². The van der Waals surface area contributed by atoms with Crippen molar-refractivity contribution >= 4 is 9.84 Å². The van der Waals surface area contributed by atoms with Crippen molar-refractivity contribution in [3.05, 3.63) is 30.1 Å². The third-order valence-electron chi connectivity index (χ3n) is 2.78. The van der Waals surface area contributed by atoms with Crippen LogP contribution in [0.2, 0.25) is 0 Å². The van der Waals surface area contributed by atoms with Crippen molar-refractivity contribution in [1.29, 1.82) is 0 Å². The van der Waals surface area contributed by atoms with E-state index in [-0.39, 0.29) is 10.7 Å². The molecule has 2 rings (SSSR count). The van der Waals surface area contributed by atoms with Gasteiger partial charge in [0.25, 0.3) is 0 Å². The molecule has 2 aromatic rings. The molecule has 0 aliphatic rings. The highest BCUT2D eigenvalue weighted by atomic mass is 32.2. The van der Waals surface area contributed by atoms with Gasteiger partial charge in [-0.3, -0.25) is 0 Å². The summed E-state index contributed by atoms with van der Waals surface area (Å²) in [4.78, 5) is 0.213. The molecule has 0 saturated heterocycles. The van der Waals surface area contributed by atoms with Crippen molar-refractivity contribution in [2.24, 2.45) is 0 Å². The molecular formula is C11H14N4O3S. The minimum absolute atomic E-state index is 0.179. The fraction of sp³-hybridized carbons (Fsp3) is 0.364. The number of nitrogens with one attached hydrogen (secondary N) is 1. The Kier molecular flexibility index (Phi) is 3.79. The molecular weight excluding hydrogens is 268 g/mol. The monoisotopic (exact) mass is 282 g/mol. The third kappa shape index (κ3) is 2.58. The number of aromatic amines is 1. The van der Waals surface area contributed by atoms with Gasteiger partial charge in [-0.1, -0.05) is 12.1 Å². The molecule has 7 nitrogen and oxygen atoms in total. The van der Waals surface area contributed by atoms with Crippen LogP contribution in [0.5, 0.6) is 5.75 Å². The number of rotatable bonds is 5. The lowest BCUT2D eigenvalue weighted by Crippen LogP contribution is -2.14. The van der Waals surface area contributed by atoms with Crippen molar-refractivity contribution in [2.75, 3.05) is 7.11 Å². The Morgan fingerprint density at radius 1 is 1.32 bits per heavy atom. The smallest absolute Gasteiger partial charge is 0.192 e. The molecule has 0 radical (unpaired) electrons. The minimum Gasteiger partial charge on any atom is -0.497 e. The molecule has 1 aromatic carbocycles. The normalized spacial score (nSPS) is 13.2. The van der Waals surface area contributed by atoms with Gasteiger partial charge >= 0.3 is 0 Å². The van der Waals surface area contributed by atoms with E-state index in [1.807, 2.05) is 0 Å². The molecule has 19 heavy (non-hydrogen) atoms. The van der Waals surface area contributed by atoms with Gasteiger partial charge in [-0.2, -0.15) is 5.21 Å². The van der Waals surface area contributed by atoms with Gasteiger partial charge in [-0.05, 0) is 30.7 Å². The van der Waals surface area contributed by atoms with Crippen LogP contribution in [0.25, 0.3) is 0 Å². The SMILES string of the molecule is CC[C@H](c1nn[nH]n1)S(=O)(=O)c1ccc(OC)cc1. The number of benzene rings is 1. The first-order chi connectivity index (χ1) is 9.09. The van der Waals surface area contributed by atoms with Crippen LogP contribution < -0.4 is 4.74 Å². The van der Waals surface area contributed by atoms with Crippen molar-refractivity contribution in [3.8, 4) is 5.75 Å². The van der Waals surface area contributed by atoms with E-state index in [9.17, 15) is 8.42 Å². The Balaban J connectivity index is 2.39. The maximum Gasteiger partial charge on any atom is 0.192 e. The van der Waals surface area contributed by atoms with Crippen molar-refractivity contribution in [2.45, 2.75) is 23.5 Å². The number of ether oxygens (including phenoxy) is 1. The first-order valence-electron chi connectivity index (χ1n) is 5.71. The number of H-pyrrole nitrogens is 1. The summed E-state index contributed by atoms with van der Waals surface area (Å²) in [6, 6.07) is 6.24. The molecule has 1 atom stereocenters. The second-order valence-corrected chi connectivity index (χ2v) is 6.02. The van der Waals surface area contributed by atoms with Crippen LogP contribution in [0, 0.1) is 0 Å². The number of methoxy groups -OCH3 is 1. The third-order valence-corrected chi connectivity index (χ3v) is 5.01. The Morgan fingerprint density at radius 2 is 2.00 bits per heavy atom. The number of tetrazole rings is 1. The highest BCUT2D eigenvalue weighted by molar-refractivity contribution is 7.91. The van der Waals surface area contributed by atoms with Gasteiger partial charge in [0, 0.05) is 0 Å². The molecule has 0 aliphatic carbocycles. The van der Waals surface area contributed by atoms with Gasteiger partial charge < -0.3 is 4.74 Å². The Hall–Kier alpha value is -1.96. The predicted molar refractivity (Wildman–Crippen MR) is 67.4 cm³/mol. The summed E-state index contributed by atoms with van der Waals surface area (Å²) < 4.78 is 30.0. The van der Waals surface area contributed by atoms with Crippen LogP contribution in [0.4, 0.5) is 0 Å². The van der Waals surface area contributed by atoms with E-state index in [1.165, 1.54) is 19.2 Å². The second kappa shape index (κ2) is 5.35. The van der Waals surface area contributed by atoms with E-state index in [0.717, 1.165) is 0 Å². The summed E-state index contributed by atoms with van der Waals surface area (Å²) >= 11 is 0. The zero-order chi connectivity index (χ0) is 13.9. The standard InChI is InChI=1S/C11H14N4O3S/c1-3-10(11-12-14-15-13-11)19(16,17)9-6-4-8(18-2)5-7-9/h4-7,10H,3H2,1-2H3,(H,12,13,14,15)/t10-/m1/s1. The van der Waals surface area contributed by atoms with E-state index >= 15 is 0 Å². The van der Waals surface area contributed by atoms with Gasteiger partial charge in [0.2, 0.25) is 0 Å². The van der Waals surface area contributed by atoms with Gasteiger partial charge in [0.1, 0.15) is 11.0 Å². The van der Waals surface area contributed by atoms with Crippen molar-refractivity contribution in [1.82, 2.24) is 20.6 Å². The van der Waals surface area contributed by atoms with E-state index in [1.54, 1.807) is 19.1 Å². The summed E-state index contributed by atoms with van der Waals surface area (Å²) in [5, 5.41) is 12.4. The Bertz CT molecular complexity index is 622. The lowest BCUT2D eigenvalue weighted by molar-refractivity contribution is 0.414. The number of nitrogens with zero attached hydrogens (tertiary/aromatic N) is 3. The highest BCUT2D eigenvalue weighted by Crippen LogP contribution is 2.29. The summed E-state index contributed by atoms with van der Waals surface area (Å²) in [7, 11) is -2.01. The molecule has 0 aliphatic heterocycles. The maximum absolute atomic E-state index is 12.5. The fourth-order valence-electron chi connectivity index (χ4n) is 1.78. The summed E-state index contributed by atoms with van der Waals surface area (Å²) in [5.41, 5.74) is 0. The molecule has 1 heterocycles. The Morgan fingerprint density at radius 3 is 2.47 bits per heavy atom. The van der Waals surface area contributed by atoms with E-state index in [4.69, 9.17) is 4.74 Å². The number of hydrogen-bond donors (Lipinski definition) is 1. The van der Waals surface area contributed by atoms with Gasteiger partial charge in [-0.15, -0.1) is 10.2 Å². The average molecular weight is 282 g/mol. The molecule has 1 N–H and O–H groups in total. The first kappa shape index (κ1) is 13.5. The molecule has 0 saturated carbocycles. The first-order valence-corrected chi connectivity index (χ1v) is 7.25. The minimum atomic E-state index is -3.54. The second-order valence-electron chi connectivity index (χ2n) is 3.89. The van der Waals surface area contributed by atoms with E-state index in [0.29, 0.717) is 12.2 Å². The van der Waals surface area contributed by atoms with Gasteiger partial charge in [0.15, 0.2) is 15.7 Å². The molecule has 8 heteroatoms. The van der Waals surface area contributed by atoms with Crippen LogP contribution in [0.1, 0.15) is 24.4 Å². The molecule has 0 spiro atoms. The summed E-state index contributed by atoms with van der Waals surface area (Å²) in [6.45, 7) is 1.77. The van der Waals surface area contributed by atoms with Crippen LogP contribution in [0.15, 0.2) is 29.2 Å². The van der Waals surface area contributed by atoms with Crippen LogP contribution >= 0.6 is 0 Å². The number of hydrogen-bond acceptors (Lipinski definition) is 6. The van der Waals surface area contributed by atoms with Crippen LogP contribution in [-0.2, 0) is 9.84 Å². The van der Waals surface area contributed by atoms with E-state index in [2.05, 4.69) is 20.6 Å². The molecule has 0 fully saturated rings. The maximum atomic E-state index is 12.5. The lowest BCUT2D eigenvalue weighted by Gasteiger charge is -2.12. The van der Waals surface area contributed by atoms with Gasteiger partial charge in [-0.25, -0.2) is 8.42 Å². The lowest BCUT2D eigenvalue weighted by atomic mass is 10.3. The highest BCUT2D eigenvalue weighted by Gasteiger charge is 2.30. The van der Waals surface area contributed by atoms with E-state index < -0.39 is 15.1 Å². The molecule has 0 bridgehead atoms. The molecule has 1 aromatic heterocycles. The quantitative estimate of drug-likeness (QED) is 0.882. The number of aromatic nitrogens is 4. The fourth-order valence-corrected chi connectivity index (χ4v) is 3.44. The van der Waals surface area contributed by atoms with Crippen LogP contribution in [-0.4, -0.2) is 36.2 Å². The molecule has 102 valence electrons. The topological polar surface area (TPSA) is 97.8 Å². The molecule has 0 amide bonds. The summed E-state index contributed by atoms with van der Waals surface area (Å²) in [5.74, 6) is 0.782. The average Bonchev–Trinajstić information content (AvgIpc) is 2.93. The largest absolute Gasteiger partial charge is 0.497 e. The zero-order valence-corrected chi connectivity index (χ0v) is 11.4. The Labute approximate surface area is 110 Å². The summed E-state index contributed by atoms with van der Waals surface area (Å²) in [6.07, 6.45) is 0.369. The number of sulfone groups is 1. The van der Waals surface area contributed by atoms with Gasteiger partial charge in [0.05, 0.1) is 12.0 Å².